The summed E-state index contributed by atoms with van der Waals surface area (Å²) >= 11 is 0. The van der Waals surface area contributed by atoms with Gasteiger partial charge >= 0.3 is 5.97 Å². The van der Waals surface area contributed by atoms with Gasteiger partial charge in [-0.15, -0.1) is 0 Å². The molecule has 122 valence electrons. The number of nitrogens with zero attached hydrogens (tertiary/aromatic N) is 1. The van der Waals surface area contributed by atoms with E-state index in [9.17, 15) is 9.90 Å². The minimum Gasteiger partial charge on any atom is -0.481 e. The molecule has 0 saturated carbocycles. The maximum absolute atomic E-state index is 11.8. The molecule has 3 heteroatoms. The molecule has 0 saturated heterocycles. The molecule has 0 aromatic heterocycles. The maximum Gasteiger partial charge on any atom is 0.311 e. The van der Waals surface area contributed by atoms with E-state index in [-0.39, 0.29) is 0 Å². The number of benzene rings is 2. The first kappa shape index (κ1) is 17.1. The largest absolute Gasteiger partial charge is 0.481 e. The van der Waals surface area contributed by atoms with Crippen molar-refractivity contribution in [3.8, 4) is 0 Å². The Balaban J connectivity index is 2.35. The van der Waals surface area contributed by atoms with Crippen molar-refractivity contribution >= 4 is 11.7 Å². The number of aryl methyl sites for hydroxylation is 3. The molecule has 3 nitrogen and oxygen atoms in total. The minimum absolute atomic E-state index is 0.522. The zero-order valence-electron chi connectivity index (χ0n) is 14.6. The third-order valence-corrected chi connectivity index (χ3v) is 4.36. The molecule has 0 bridgehead atoms. The lowest BCUT2D eigenvalue weighted by Crippen LogP contribution is -2.16. The third kappa shape index (κ3) is 3.92. The number of rotatable bonds is 5. The predicted molar refractivity (Wildman–Crippen MR) is 95.5 cm³/mol. The summed E-state index contributed by atoms with van der Waals surface area (Å²) in [6, 6.07) is 12.0. The molecule has 0 aliphatic heterocycles. The van der Waals surface area contributed by atoms with Crippen molar-refractivity contribution < 1.29 is 9.90 Å². The molecule has 2 aromatic carbocycles. The maximum atomic E-state index is 11.8. The highest BCUT2D eigenvalue weighted by molar-refractivity contribution is 5.77. The fourth-order valence-electron chi connectivity index (χ4n) is 3.09. The Labute approximate surface area is 138 Å². The number of aliphatic carboxylic acids is 1. The van der Waals surface area contributed by atoms with E-state index in [1.165, 1.54) is 16.7 Å². The predicted octanol–water partition coefficient (Wildman–Crippen LogP) is 4.09. The van der Waals surface area contributed by atoms with Gasteiger partial charge in [0.15, 0.2) is 0 Å². The van der Waals surface area contributed by atoms with Crippen LogP contribution in [-0.4, -0.2) is 25.2 Å². The van der Waals surface area contributed by atoms with Gasteiger partial charge < -0.3 is 10.0 Å². The van der Waals surface area contributed by atoms with E-state index in [0.29, 0.717) is 6.42 Å². The van der Waals surface area contributed by atoms with E-state index in [2.05, 4.69) is 32.9 Å². The van der Waals surface area contributed by atoms with Gasteiger partial charge in [-0.3, -0.25) is 4.79 Å². The number of carboxylic acids is 1. The van der Waals surface area contributed by atoms with Gasteiger partial charge in [-0.05, 0) is 61.6 Å². The highest BCUT2D eigenvalue weighted by atomic mass is 16.4. The smallest absolute Gasteiger partial charge is 0.311 e. The van der Waals surface area contributed by atoms with E-state index in [4.69, 9.17) is 0 Å². The van der Waals surface area contributed by atoms with Gasteiger partial charge in [0.1, 0.15) is 0 Å². The molecule has 0 aliphatic carbocycles. The van der Waals surface area contributed by atoms with Gasteiger partial charge in [0.25, 0.3) is 0 Å². The Morgan fingerprint density at radius 3 is 2.00 bits per heavy atom. The van der Waals surface area contributed by atoms with Crippen molar-refractivity contribution in [1.29, 1.82) is 0 Å². The van der Waals surface area contributed by atoms with Gasteiger partial charge in [0, 0.05) is 19.8 Å². The van der Waals surface area contributed by atoms with E-state index >= 15 is 0 Å². The molecule has 0 fully saturated rings. The van der Waals surface area contributed by atoms with Crippen LogP contribution in [0.25, 0.3) is 0 Å². The third-order valence-electron chi connectivity index (χ3n) is 4.36. The Morgan fingerprint density at radius 1 is 1.04 bits per heavy atom. The van der Waals surface area contributed by atoms with E-state index < -0.39 is 11.9 Å². The monoisotopic (exact) mass is 311 g/mol. The number of anilines is 1. The molecule has 0 spiro atoms. The highest BCUT2D eigenvalue weighted by Gasteiger charge is 2.22. The average molecular weight is 311 g/mol. The molecule has 1 unspecified atom stereocenters. The molecular formula is C20H25NO2. The van der Waals surface area contributed by atoms with Crippen LogP contribution in [0, 0.1) is 20.8 Å². The van der Waals surface area contributed by atoms with Gasteiger partial charge in [-0.1, -0.05) is 29.8 Å². The van der Waals surface area contributed by atoms with Crippen molar-refractivity contribution in [3.63, 3.8) is 0 Å². The molecular weight excluding hydrogens is 286 g/mol. The van der Waals surface area contributed by atoms with E-state index in [1.807, 2.05) is 43.3 Å². The Hall–Kier alpha value is -2.29. The average Bonchev–Trinajstić information content (AvgIpc) is 2.46. The lowest BCUT2D eigenvalue weighted by molar-refractivity contribution is -0.138. The second kappa shape index (κ2) is 6.86. The van der Waals surface area contributed by atoms with Crippen molar-refractivity contribution in [2.75, 3.05) is 19.0 Å². The lowest BCUT2D eigenvalue weighted by Gasteiger charge is -2.18. The fraction of sp³-hybridized carbons (Fsp3) is 0.350. The summed E-state index contributed by atoms with van der Waals surface area (Å²) in [7, 11) is 3.95. The Morgan fingerprint density at radius 2 is 1.57 bits per heavy atom. The number of carbonyl (C=O) groups is 1. The van der Waals surface area contributed by atoms with Gasteiger partial charge in [-0.2, -0.15) is 0 Å². The van der Waals surface area contributed by atoms with Crippen LogP contribution in [0.3, 0.4) is 0 Å². The normalized spacial score (nSPS) is 12.0. The topological polar surface area (TPSA) is 40.5 Å². The fourth-order valence-corrected chi connectivity index (χ4v) is 3.09. The summed E-state index contributed by atoms with van der Waals surface area (Å²) in [4.78, 5) is 13.8. The second-order valence-corrected chi connectivity index (χ2v) is 6.46. The summed E-state index contributed by atoms with van der Waals surface area (Å²) in [5.74, 6) is -1.30. The summed E-state index contributed by atoms with van der Waals surface area (Å²) in [5, 5.41) is 9.69. The van der Waals surface area contributed by atoms with Crippen LogP contribution in [-0.2, 0) is 11.2 Å². The lowest BCUT2D eigenvalue weighted by atomic mass is 9.87. The van der Waals surface area contributed by atoms with Crippen LogP contribution in [0.2, 0.25) is 0 Å². The van der Waals surface area contributed by atoms with Crippen molar-refractivity contribution in [2.24, 2.45) is 0 Å². The van der Waals surface area contributed by atoms with Crippen LogP contribution in [0.1, 0.15) is 33.7 Å². The van der Waals surface area contributed by atoms with Crippen LogP contribution in [0.4, 0.5) is 5.69 Å². The Bertz CT molecular complexity index is 679. The molecule has 0 heterocycles. The van der Waals surface area contributed by atoms with Crippen molar-refractivity contribution in [3.05, 3.63) is 64.2 Å². The molecule has 23 heavy (non-hydrogen) atoms. The summed E-state index contributed by atoms with van der Waals surface area (Å²) in [6.45, 7) is 6.19. The quantitative estimate of drug-likeness (QED) is 0.904. The molecule has 1 N–H and O–H groups in total. The first-order chi connectivity index (χ1) is 10.8. The zero-order chi connectivity index (χ0) is 17.1. The number of hydrogen-bond acceptors (Lipinski definition) is 2. The molecule has 0 radical (unpaired) electrons. The molecule has 0 aliphatic rings. The number of carboxylic acid groups (broad SMARTS) is 1. The van der Waals surface area contributed by atoms with Crippen molar-refractivity contribution in [1.82, 2.24) is 0 Å². The van der Waals surface area contributed by atoms with E-state index in [0.717, 1.165) is 16.8 Å². The van der Waals surface area contributed by atoms with E-state index in [1.54, 1.807) is 0 Å². The van der Waals surface area contributed by atoms with Crippen molar-refractivity contribution in [2.45, 2.75) is 33.1 Å². The van der Waals surface area contributed by atoms with Crippen LogP contribution >= 0.6 is 0 Å². The first-order valence-electron chi connectivity index (χ1n) is 7.86. The van der Waals surface area contributed by atoms with Gasteiger partial charge in [0.2, 0.25) is 0 Å². The highest BCUT2D eigenvalue weighted by Crippen LogP contribution is 2.27. The summed E-state index contributed by atoms with van der Waals surface area (Å²) < 4.78 is 0. The first-order valence-corrected chi connectivity index (χ1v) is 7.86. The Kier molecular flexibility index (Phi) is 5.09. The number of hydrogen-bond donors (Lipinski definition) is 1. The molecule has 1 atom stereocenters. The summed E-state index contributed by atoms with van der Waals surface area (Å²) in [6.07, 6.45) is 0.522. The molecule has 2 aromatic rings. The van der Waals surface area contributed by atoms with Crippen LogP contribution in [0.5, 0.6) is 0 Å². The molecule has 2 rings (SSSR count). The second-order valence-electron chi connectivity index (χ2n) is 6.46. The van der Waals surface area contributed by atoms with Crippen LogP contribution in [0.15, 0.2) is 36.4 Å². The standard InChI is InChI=1S/C20H25NO2/c1-13-10-14(2)18(15(3)11-13)12-19(20(22)23)16-6-8-17(9-7-16)21(4)5/h6-11,19H,12H2,1-5H3,(H,22,23). The minimum atomic E-state index is -0.776. The summed E-state index contributed by atoms with van der Waals surface area (Å²) in [5.41, 5.74) is 6.60. The van der Waals surface area contributed by atoms with Gasteiger partial charge in [-0.25, -0.2) is 0 Å². The SMILES string of the molecule is Cc1cc(C)c(CC(C(=O)O)c2ccc(N(C)C)cc2)c(C)c1. The zero-order valence-corrected chi connectivity index (χ0v) is 14.6. The molecule has 0 amide bonds. The van der Waals surface area contributed by atoms with Gasteiger partial charge in [0.05, 0.1) is 5.92 Å². The van der Waals surface area contributed by atoms with Crippen LogP contribution < -0.4 is 4.90 Å².